The fraction of sp³-hybridized carbons (Fsp3) is 0.167. The van der Waals surface area contributed by atoms with Crippen molar-refractivity contribution in [1.82, 2.24) is 0 Å². The number of fused-ring (bicyclic) bond motifs is 3. The third-order valence-corrected chi connectivity index (χ3v) is 8.42. The molecular weight excluding hydrogens is 678 g/mol. The number of ether oxygens (including phenoxy) is 3. The smallest absolute Gasteiger partial charge is 0.302 e. The van der Waals surface area contributed by atoms with E-state index in [2.05, 4.69) is 101 Å². The zero-order valence-electron chi connectivity index (χ0n) is 20.3. The molecule has 192 valence electrons. The Kier molecular flexibility index (Phi) is 6.97. The van der Waals surface area contributed by atoms with E-state index in [9.17, 15) is 4.79 Å². The van der Waals surface area contributed by atoms with Crippen molar-refractivity contribution in [1.29, 1.82) is 0 Å². The lowest BCUT2D eigenvalue weighted by atomic mass is 9.77. The van der Waals surface area contributed by atoms with E-state index in [0.717, 1.165) is 52.9 Å². The second-order valence-corrected chi connectivity index (χ2v) is 12.0. The number of nitrogens with zero attached hydrogens (tertiary/aromatic N) is 1. The van der Waals surface area contributed by atoms with Gasteiger partial charge in [-0.15, -0.1) is 0 Å². The van der Waals surface area contributed by atoms with Crippen LogP contribution in [-0.4, -0.2) is 19.4 Å². The van der Waals surface area contributed by atoms with Crippen LogP contribution in [-0.2, 0) is 9.53 Å². The van der Waals surface area contributed by atoms with Crippen LogP contribution in [0.2, 0.25) is 0 Å². The third-order valence-electron chi connectivity index (χ3n) is 6.90. The fourth-order valence-corrected chi connectivity index (χ4v) is 6.33. The van der Waals surface area contributed by atoms with Gasteiger partial charge in [0.15, 0.2) is 11.5 Å². The first-order valence-electron chi connectivity index (χ1n) is 12.1. The first-order chi connectivity index (χ1) is 18.4. The normalized spacial score (nSPS) is 17.4. The molecule has 6 rings (SSSR count). The van der Waals surface area contributed by atoms with Crippen molar-refractivity contribution in [3.63, 3.8) is 0 Å². The number of carbonyl (C=O) groups excluding carboxylic acids is 1. The molecule has 0 N–H and O–H groups in total. The summed E-state index contributed by atoms with van der Waals surface area (Å²) in [5.41, 5.74) is 6.32. The average molecular weight is 700 g/mol. The van der Waals surface area contributed by atoms with E-state index >= 15 is 0 Å². The van der Waals surface area contributed by atoms with E-state index in [-0.39, 0.29) is 31.2 Å². The Morgan fingerprint density at radius 3 is 2.16 bits per heavy atom. The zero-order valence-corrected chi connectivity index (χ0v) is 25.0. The molecule has 8 heteroatoms. The molecule has 38 heavy (non-hydrogen) atoms. The molecular formula is C30H22Br3NO4. The average Bonchev–Trinajstić information content (AvgIpc) is 3.33. The molecule has 0 radical (unpaired) electrons. The lowest BCUT2D eigenvalue weighted by molar-refractivity contribution is -0.141. The Balaban J connectivity index is 1.66. The molecule has 0 amide bonds. The van der Waals surface area contributed by atoms with Crippen molar-refractivity contribution in [2.24, 2.45) is 0 Å². The summed E-state index contributed by atoms with van der Waals surface area (Å²) >= 11 is 11.0. The zero-order chi connectivity index (χ0) is 26.4. The van der Waals surface area contributed by atoms with Crippen molar-refractivity contribution in [3.05, 3.63) is 109 Å². The number of hydrogen-bond acceptors (Lipinski definition) is 5. The van der Waals surface area contributed by atoms with Crippen LogP contribution in [0.4, 0.5) is 17.1 Å². The van der Waals surface area contributed by atoms with E-state index in [4.69, 9.17) is 14.2 Å². The van der Waals surface area contributed by atoms with Gasteiger partial charge in [0.1, 0.15) is 0 Å². The SMILES string of the molecule is CC(=O)OC[C@H]1c2cc(Br)ccc2N(c2ccc(Br)cc2)c2ccc(Br)cc2[C@@H]1c1ccc2c(c1)OCO2. The summed E-state index contributed by atoms with van der Waals surface area (Å²) in [5.74, 6) is 0.807. The molecule has 0 aromatic heterocycles. The second-order valence-electron chi connectivity index (χ2n) is 9.22. The Labute approximate surface area is 246 Å². The largest absolute Gasteiger partial charge is 0.465 e. The highest BCUT2D eigenvalue weighted by Crippen LogP contribution is 2.54. The van der Waals surface area contributed by atoms with Gasteiger partial charge in [-0.1, -0.05) is 53.9 Å². The number of benzene rings is 4. The van der Waals surface area contributed by atoms with Gasteiger partial charge in [0.25, 0.3) is 0 Å². The van der Waals surface area contributed by atoms with E-state index in [1.807, 2.05) is 30.3 Å². The number of halogens is 3. The predicted octanol–water partition coefficient (Wildman–Crippen LogP) is 8.96. The molecule has 0 aliphatic carbocycles. The summed E-state index contributed by atoms with van der Waals surface area (Å²) in [6.07, 6.45) is 0. The molecule has 2 heterocycles. The molecule has 0 unspecified atom stereocenters. The standard InChI is InChI=1S/C30H22Br3NO4/c1-17(35)36-15-25-23-13-20(32)5-9-26(23)34(22-7-3-19(31)4-8-22)27-10-6-21(33)14-24(27)30(25)18-2-11-28-29(12-18)38-16-37-28/h2-14,25,30H,15-16H2,1H3/t25-,30-/m0/s1. The topological polar surface area (TPSA) is 48.0 Å². The van der Waals surface area contributed by atoms with Crippen LogP contribution in [0, 0.1) is 0 Å². The van der Waals surface area contributed by atoms with E-state index in [1.165, 1.54) is 6.92 Å². The van der Waals surface area contributed by atoms with Crippen molar-refractivity contribution < 1.29 is 19.0 Å². The molecule has 4 aromatic carbocycles. The van der Waals surface area contributed by atoms with E-state index in [1.54, 1.807) is 0 Å². The molecule has 0 spiro atoms. The molecule has 0 fully saturated rings. The van der Waals surface area contributed by atoms with Crippen LogP contribution in [0.5, 0.6) is 11.5 Å². The van der Waals surface area contributed by atoms with Gasteiger partial charge in [0.2, 0.25) is 6.79 Å². The number of esters is 1. The Bertz CT molecular complexity index is 1540. The Morgan fingerprint density at radius 1 is 0.816 bits per heavy atom. The van der Waals surface area contributed by atoms with Gasteiger partial charge in [-0.25, -0.2) is 0 Å². The molecule has 2 aliphatic rings. The van der Waals surface area contributed by atoms with Crippen molar-refractivity contribution >= 4 is 70.8 Å². The van der Waals surface area contributed by atoms with Gasteiger partial charge in [0, 0.05) is 43.6 Å². The highest BCUT2D eigenvalue weighted by atomic mass is 79.9. The number of anilines is 3. The maximum Gasteiger partial charge on any atom is 0.302 e. The Morgan fingerprint density at radius 2 is 1.45 bits per heavy atom. The van der Waals surface area contributed by atoms with Gasteiger partial charge in [-0.3, -0.25) is 4.79 Å². The van der Waals surface area contributed by atoms with Crippen LogP contribution >= 0.6 is 47.8 Å². The number of rotatable bonds is 4. The molecule has 4 aromatic rings. The monoisotopic (exact) mass is 697 g/mol. The van der Waals surface area contributed by atoms with E-state index in [0.29, 0.717) is 5.75 Å². The highest BCUT2D eigenvalue weighted by Gasteiger charge is 2.38. The summed E-state index contributed by atoms with van der Waals surface area (Å²) in [4.78, 5) is 14.4. The highest BCUT2D eigenvalue weighted by molar-refractivity contribution is 9.11. The third kappa shape index (κ3) is 4.74. The molecule has 5 nitrogen and oxygen atoms in total. The minimum Gasteiger partial charge on any atom is -0.465 e. The maximum absolute atomic E-state index is 12.1. The summed E-state index contributed by atoms with van der Waals surface area (Å²) < 4.78 is 20.0. The van der Waals surface area contributed by atoms with Gasteiger partial charge < -0.3 is 19.1 Å². The minimum absolute atomic E-state index is 0.148. The van der Waals surface area contributed by atoms with E-state index < -0.39 is 0 Å². The van der Waals surface area contributed by atoms with Crippen molar-refractivity contribution in [2.75, 3.05) is 18.3 Å². The van der Waals surface area contributed by atoms with Gasteiger partial charge >= 0.3 is 5.97 Å². The van der Waals surface area contributed by atoms with Crippen LogP contribution in [0.3, 0.4) is 0 Å². The summed E-state index contributed by atoms with van der Waals surface area (Å²) in [5, 5.41) is 0. The summed E-state index contributed by atoms with van der Waals surface area (Å²) in [7, 11) is 0. The van der Waals surface area contributed by atoms with Crippen LogP contribution in [0.1, 0.15) is 35.4 Å². The number of hydrogen-bond donors (Lipinski definition) is 0. The first-order valence-corrected chi connectivity index (χ1v) is 14.4. The summed E-state index contributed by atoms with van der Waals surface area (Å²) in [6.45, 7) is 1.88. The van der Waals surface area contributed by atoms with Crippen molar-refractivity contribution in [2.45, 2.75) is 18.8 Å². The molecule has 0 saturated carbocycles. The van der Waals surface area contributed by atoms with Crippen molar-refractivity contribution in [3.8, 4) is 11.5 Å². The van der Waals surface area contributed by atoms with Gasteiger partial charge in [-0.2, -0.15) is 0 Å². The molecule has 0 bridgehead atoms. The van der Waals surface area contributed by atoms with Gasteiger partial charge in [0.05, 0.1) is 12.3 Å². The fourth-order valence-electron chi connectivity index (χ4n) is 5.31. The molecule has 2 atom stereocenters. The minimum atomic E-state index is -0.311. The quantitative estimate of drug-likeness (QED) is 0.199. The second kappa shape index (κ2) is 10.4. The summed E-state index contributed by atoms with van der Waals surface area (Å²) in [6, 6.07) is 27.0. The first kappa shape index (κ1) is 25.5. The predicted molar refractivity (Wildman–Crippen MR) is 158 cm³/mol. The maximum atomic E-state index is 12.1. The Hall–Kier alpha value is -2.81. The molecule has 2 aliphatic heterocycles. The molecule has 0 saturated heterocycles. The van der Waals surface area contributed by atoms with Crippen LogP contribution in [0.15, 0.2) is 92.3 Å². The number of carbonyl (C=O) groups is 1. The van der Waals surface area contributed by atoms with Gasteiger partial charge in [-0.05, 0) is 89.5 Å². The lowest BCUT2D eigenvalue weighted by Crippen LogP contribution is -2.19. The van der Waals surface area contributed by atoms with Crippen LogP contribution in [0.25, 0.3) is 0 Å². The van der Waals surface area contributed by atoms with Crippen LogP contribution < -0.4 is 14.4 Å². The lowest BCUT2D eigenvalue weighted by Gasteiger charge is -2.28.